The third-order valence-electron chi connectivity index (χ3n) is 1.72. The highest BCUT2D eigenvalue weighted by Crippen LogP contribution is 2.23. The van der Waals surface area contributed by atoms with Crippen molar-refractivity contribution in [3.05, 3.63) is 33.0 Å². The van der Waals surface area contributed by atoms with Gasteiger partial charge in [0.25, 0.3) is 0 Å². The Hall–Kier alpha value is -0.220. The molecular formula is C9H7ClIN. The van der Waals surface area contributed by atoms with Crippen LogP contribution in [0.3, 0.4) is 0 Å². The van der Waals surface area contributed by atoms with Crippen molar-refractivity contribution >= 4 is 45.1 Å². The molecule has 0 aliphatic heterocycles. The van der Waals surface area contributed by atoms with Crippen LogP contribution in [-0.2, 0) is 6.98 Å². The average Bonchev–Trinajstić information content (AvgIpc) is 2.38. The van der Waals surface area contributed by atoms with Gasteiger partial charge in [0.05, 0.1) is 3.70 Å². The number of rotatable bonds is 0. The first-order chi connectivity index (χ1) is 6.89. The van der Waals surface area contributed by atoms with Crippen molar-refractivity contribution in [1.82, 2.24) is 4.57 Å². The topological polar surface area (TPSA) is 4.93 Å². The van der Waals surface area contributed by atoms with E-state index in [9.17, 15) is 0 Å². The molecule has 2 aromatic rings. The predicted molar refractivity (Wildman–Crippen MR) is 60.6 cm³/mol. The average molecular weight is 295 g/mol. The maximum Gasteiger partial charge on any atom is 0.0806 e. The van der Waals surface area contributed by atoms with Crippen LogP contribution in [0.5, 0.6) is 0 Å². The summed E-state index contributed by atoms with van der Waals surface area (Å²) in [6.45, 7) is -2.15. The van der Waals surface area contributed by atoms with Crippen LogP contribution in [0.4, 0.5) is 0 Å². The molecule has 0 atom stereocenters. The monoisotopic (exact) mass is 294 g/mol. The van der Waals surface area contributed by atoms with Gasteiger partial charge in [-0.25, -0.2) is 0 Å². The van der Waals surface area contributed by atoms with Crippen molar-refractivity contribution in [2.45, 2.75) is 0 Å². The third-order valence-corrected chi connectivity index (χ3v) is 2.75. The Morgan fingerprint density at radius 1 is 1.50 bits per heavy atom. The van der Waals surface area contributed by atoms with E-state index in [-0.39, 0.29) is 0 Å². The molecule has 0 radical (unpaired) electrons. The second-order valence-corrected chi connectivity index (χ2v) is 4.05. The number of halogens is 2. The molecule has 0 saturated heterocycles. The summed E-state index contributed by atoms with van der Waals surface area (Å²) in [6.07, 6.45) is 0. The first-order valence-electron chi connectivity index (χ1n) is 4.86. The summed E-state index contributed by atoms with van der Waals surface area (Å²) in [5, 5.41) is 1.46. The van der Waals surface area contributed by atoms with E-state index in [2.05, 4.69) is 0 Å². The van der Waals surface area contributed by atoms with Gasteiger partial charge < -0.3 is 4.57 Å². The third kappa shape index (κ3) is 1.23. The number of benzene rings is 1. The number of nitrogens with zero attached hydrogens (tertiary/aromatic N) is 1. The fourth-order valence-electron chi connectivity index (χ4n) is 1.15. The number of aromatic nitrogens is 1. The number of aryl methyl sites for hydroxylation is 1. The summed E-state index contributed by atoms with van der Waals surface area (Å²) in [4.78, 5) is 0. The molecule has 2 rings (SSSR count). The molecule has 0 aliphatic carbocycles. The first-order valence-corrected chi connectivity index (χ1v) is 4.82. The Morgan fingerprint density at radius 3 is 3.08 bits per heavy atom. The zero-order valence-corrected chi connectivity index (χ0v) is 8.93. The highest BCUT2D eigenvalue weighted by Gasteiger charge is 2.02. The van der Waals surface area contributed by atoms with Gasteiger partial charge in [-0.05, 0) is 46.9 Å². The molecule has 0 unspecified atom stereocenters. The van der Waals surface area contributed by atoms with Gasteiger partial charge in [-0.3, -0.25) is 0 Å². The molecule has 0 spiro atoms. The van der Waals surface area contributed by atoms with Crippen molar-refractivity contribution in [3.8, 4) is 0 Å². The van der Waals surface area contributed by atoms with E-state index in [0.717, 1.165) is 5.39 Å². The van der Waals surface area contributed by atoms with Crippen molar-refractivity contribution in [3.63, 3.8) is 0 Å². The zero-order valence-electron chi connectivity index (χ0n) is 9.01. The van der Waals surface area contributed by atoms with Gasteiger partial charge in [-0.1, -0.05) is 11.6 Å². The van der Waals surface area contributed by atoms with E-state index in [1.165, 1.54) is 4.57 Å². The molecule has 62 valence electrons. The van der Waals surface area contributed by atoms with Crippen LogP contribution in [0.1, 0.15) is 4.11 Å². The van der Waals surface area contributed by atoms with Gasteiger partial charge in [-0.2, -0.15) is 0 Å². The highest BCUT2D eigenvalue weighted by molar-refractivity contribution is 14.1. The molecule has 0 amide bonds. The van der Waals surface area contributed by atoms with E-state index in [4.69, 9.17) is 15.7 Å². The molecule has 3 heteroatoms. The zero-order chi connectivity index (χ0) is 11.2. The second-order valence-electron chi connectivity index (χ2n) is 2.51. The van der Waals surface area contributed by atoms with Crippen molar-refractivity contribution in [2.75, 3.05) is 0 Å². The highest BCUT2D eigenvalue weighted by atomic mass is 127. The van der Waals surface area contributed by atoms with Gasteiger partial charge in [0.1, 0.15) is 0 Å². The summed E-state index contributed by atoms with van der Waals surface area (Å²) >= 11 is 7.85. The molecule has 0 saturated carbocycles. The van der Waals surface area contributed by atoms with Crippen LogP contribution in [0.15, 0.2) is 24.3 Å². The van der Waals surface area contributed by atoms with E-state index in [1.54, 1.807) is 18.2 Å². The summed E-state index contributed by atoms with van der Waals surface area (Å²) in [5.74, 6) is 0. The quantitative estimate of drug-likeness (QED) is 0.656. The second kappa shape index (κ2) is 2.92. The van der Waals surface area contributed by atoms with Crippen molar-refractivity contribution in [2.24, 2.45) is 6.98 Å². The van der Waals surface area contributed by atoms with E-state index >= 15 is 0 Å². The largest absolute Gasteiger partial charge is 0.339 e. The Balaban J connectivity index is 2.80. The minimum Gasteiger partial charge on any atom is -0.339 e. The summed E-state index contributed by atoms with van der Waals surface area (Å²) < 4.78 is 24.3. The normalized spacial score (nSPS) is 15.7. The molecule has 1 aromatic carbocycles. The minimum atomic E-state index is -2.15. The maximum atomic E-state index is 7.42. The van der Waals surface area contributed by atoms with Crippen LogP contribution in [0, 0.1) is 3.70 Å². The van der Waals surface area contributed by atoms with Crippen molar-refractivity contribution < 1.29 is 4.11 Å². The van der Waals surface area contributed by atoms with E-state index < -0.39 is 6.98 Å². The van der Waals surface area contributed by atoms with Crippen LogP contribution in [-0.4, -0.2) is 4.57 Å². The Labute approximate surface area is 93.7 Å². The van der Waals surface area contributed by atoms with Gasteiger partial charge in [0.2, 0.25) is 0 Å². The Kier molecular flexibility index (Phi) is 1.34. The van der Waals surface area contributed by atoms with Crippen molar-refractivity contribution in [1.29, 1.82) is 0 Å². The van der Waals surface area contributed by atoms with Gasteiger partial charge in [-0.15, -0.1) is 0 Å². The molecule has 1 nitrogen and oxygen atoms in total. The molecule has 0 N–H and O–H groups in total. The van der Waals surface area contributed by atoms with Crippen LogP contribution in [0.25, 0.3) is 10.9 Å². The molecule has 1 aromatic heterocycles. The SMILES string of the molecule is [2H]C([2H])([2H])n1c(I)cc2cc(Cl)ccc21. The van der Waals surface area contributed by atoms with E-state index in [0.29, 0.717) is 14.2 Å². The molecule has 0 bridgehead atoms. The van der Waals surface area contributed by atoms with Gasteiger partial charge in [0, 0.05) is 27.0 Å². The molecule has 1 heterocycles. The minimum absolute atomic E-state index is 0.613. The number of fused-ring (bicyclic) bond motifs is 1. The molecule has 0 aliphatic rings. The molecule has 0 fully saturated rings. The molecular weight excluding hydrogens is 284 g/mol. The van der Waals surface area contributed by atoms with Gasteiger partial charge >= 0.3 is 0 Å². The summed E-state index contributed by atoms with van der Waals surface area (Å²) in [5.41, 5.74) is 0.684. The predicted octanol–water partition coefficient (Wildman–Crippen LogP) is 3.44. The maximum absolute atomic E-state index is 7.42. The summed E-state index contributed by atoms with van der Waals surface area (Å²) in [6, 6.07) is 7.00. The Morgan fingerprint density at radius 2 is 2.33 bits per heavy atom. The number of hydrogen-bond donors (Lipinski definition) is 0. The summed E-state index contributed by atoms with van der Waals surface area (Å²) in [7, 11) is 0. The van der Waals surface area contributed by atoms with Crippen LogP contribution in [0.2, 0.25) is 5.02 Å². The lowest BCUT2D eigenvalue weighted by Crippen LogP contribution is -1.88. The smallest absolute Gasteiger partial charge is 0.0806 e. The first kappa shape index (κ1) is 5.50. The fourth-order valence-corrected chi connectivity index (χ4v) is 1.93. The van der Waals surface area contributed by atoms with Crippen LogP contribution < -0.4 is 0 Å². The standard InChI is InChI=1S/C9H7ClIN/c1-12-8-3-2-7(10)4-6(8)5-9(12)11/h2-5H,1H3/i1D3. The fraction of sp³-hybridized carbons (Fsp3) is 0.111. The van der Waals surface area contributed by atoms with Gasteiger partial charge in [0.15, 0.2) is 0 Å². The number of hydrogen-bond acceptors (Lipinski definition) is 0. The van der Waals surface area contributed by atoms with Crippen LogP contribution >= 0.6 is 34.2 Å². The lowest BCUT2D eigenvalue weighted by Gasteiger charge is -1.96. The van der Waals surface area contributed by atoms with E-state index in [1.807, 2.05) is 28.7 Å². The Bertz CT molecular complexity index is 518. The molecule has 12 heavy (non-hydrogen) atoms. The lowest BCUT2D eigenvalue weighted by atomic mass is 10.2. The lowest BCUT2D eigenvalue weighted by molar-refractivity contribution is 0.938.